The summed E-state index contributed by atoms with van der Waals surface area (Å²) in [7, 11) is 1.72. The molecule has 1 saturated heterocycles. The van der Waals surface area contributed by atoms with Crippen LogP contribution in [0.25, 0.3) is 0 Å². The quantitative estimate of drug-likeness (QED) is 0.423. The molecule has 1 aromatic heterocycles. The molecule has 2 heterocycles. The molecule has 2 atom stereocenters. The summed E-state index contributed by atoms with van der Waals surface area (Å²) in [5.74, 6) is -0.349. The first-order chi connectivity index (χ1) is 19.2. The number of benzene rings is 1. The molecule has 11 heteroatoms. The fourth-order valence-corrected chi connectivity index (χ4v) is 4.88. The fourth-order valence-electron chi connectivity index (χ4n) is 4.88. The van der Waals surface area contributed by atoms with Crippen LogP contribution in [0.2, 0.25) is 0 Å². The molecular weight excluding hydrogens is 522 g/mol. The third-order valence-electron chi connectivity index (χ3n) is 7.21. The maximum atomic E-state index is 13.2. The lowest BCUT2D eigenvalue weighted by Gasteiger charge is -2.22. The van der Waals surface area contributed by atoms with E-state index in [0.717, 1.165) is 24.8 Å². The van der Waals surface area contributed by atoms with Crippen molar-refractivity contribution in [2.24, 2.45) is 5.92 Å². The fraction of sp³-hybridized carbons (Fsp3) is 0.517. The summed E-state index contributed by atoms with van der Waals surface area (Å²) < 4.78 is 36.3. The van der Waals surface area contributed by atoms with E-state index >= 15 is 0 Å². The van der Waals surface area contributed by atoms with Crippen molar-refractivity contribution in [3.05, 3.63) is 53.3 Å². The average Bonchev–Trinajstić information content (AvgIpc) is 3.65. The van der Waals surface area contributed by atoms with Crippen molar-refractivity contribution >= 4 is 17.7 Å². The molecule has 3 amide bonds. The summed E-state index contributed by atoms with van der Waals surface area (Å²) in [6.07, 6.45) is 3.28. The van der Waals surface area contributed by atoms with Gasteiger partial charge in [0.15, 0.2) is 11.5 Å². The summed E-state index contributed by atoms with van der Waals surface area (Å²) in [6.45, 7) is 1.86. The molecule has 0 bridgehead atoms. The van der Waals surface area contributed by atoms with Crippen molar-refractivity contribution in [3.8, 4) is 11.5 Å². The normalized spacial score (nSPS) is 18.5. The van der Waals surface area contributed by atoms with Gasteiger partial charge in [0.2, 0.25) is 11.8 Å². The lowest BCUT2D eigenvalue weighted by molar-refractivity contribution is -0.136. The number of nitrogens with zero attached hydrogens (tertiary/aromatic N) is 3. The standard InChI is InChI=1S/C29H36F2N4O5/c1-4-12-34(3)28(38)23-7-5-6-22(33-23)15-32-27(37)24-13-21(16-35(24)18(2)36)20-10-11-25(40-29(30)31)26(14-20)39-17-19-8-9-19/h5-7,10-11,14,19,21,24,29H,4,8-9,12-13,15-17H2,1-3H3,(H,32,37). The van der Waals surface area contributed by atoms with Gasteiger partial charge in [-0.05, 0) is 61.4 Å². The first-order valence-corrected chi connectivity index (χ1v) is 13.6. The Bertz CT molecular complexity index is 1220. The van der Waals surface area contributed by atoms with Crippen molar-refractivity contribution in [1.82, 2.24) is 20.1 Å². The van der Waals surface area contributed by atoms with Crippen molar-refractivity contribution < 1.29 is 32.6 Å². The van der Waals surface area contributed by atoms with E-state index < -0.39 is 12.7 Å². The van der Waals surface area contributed by atoms with E-state index in [1.54, 1.807) is 42.3 Å². The number of aromatic nitrogens is 1. The predicted molar refractivity (Wildman–Crippen MR) is 143 cm³/mol. The summed E-state index contributed by atoms with van der Waals surface area (Å²) in [4.78, 5) is 45.7. The van der Waals surface area contributed by atoms with Gasteiger partial charge in [0.1, 0.15) is 11.7 Å². The zero-order valence-electron chi connectivity index (χ0n) is 23.1. The SMILES string of the molecule is CCCN(C)C(=O)c1cccc(CNC(=O)C2CC(c3ccc(OC(F)F)c(OCC4CC4)c3)CN2C(C)=O)n1. The van der Waals surface area contributed by atoms with Crippen LogP contribution in [0.15, 0.2) is 36.4 Å². The van der Waals surface area contributed by atoms with E-state index in [1.165, 1.54) is 17.9 Å². The zero-order valence-corrected chi connectivity index (χ0v) is 23.1. The van der Waals surface area contributed by atoms with E-state index in [1.807, 2.05) is 6.92 Å². The molecule has 1 aliphatic carbocycles. The van der Waals surface area contributed by atoms with Gasteiger partial charge in [-0.2, -0.15) is 8.78 Å². The Morgan fingerprint density at radius 2 is 1.95 bits per heavy atom. The number of nitrogens with one attached hydrogen (secondary N) is 1. The number of halogens is 2. The Morgan fingerprint density at radius 3 is 2.62 bits per heavy atom. The molecule has 4 rings (SSSR count). The van der Waals surface area contributed by atoms with Gasteiger partial charge in [-0.1, -0.05) is 19.1 Å². The summed E-state index contributed by atoms with van der Waals surface area (Å²) in [6, 6.07) is 9.17. The molecule has 1 N–H and O–H groups in total. The number of hydrogen-bond donors (Lipinski definition) is 1. The molecule has 216 valence electrons. The lowest BCUT2D eigenvalue weighted by Crippen LogP contribution is -2.45. The molecule has 0 spiro atoms. The largest absolute Gasteiger partial charge is 0.489 e. The van der Waals surface area contributed by atoms with E-state index in [-0.39, 0.29) is 41.7 Å². The number of likely N-dealkylation sites (tertiary alicyclic amines) is 1. The summed E-state index contributed by atoms with van der Waals surface area (Å²) in [5, 5.41) is 2.85. The zero-order chi connectivity index (χ0) is 28.8. The topological polar surface area (TPSA) is 101 Å². The Morgan fingerprint density at radius 1 is 1.18 bits per heavy atom. The maximum Gasteiger partial charge on any atom is 0.387 e. The Labute approximate surface area is 232 Å². The summed E-state index contributed by atoms with van der Waals surface area (Å²) >= 11 is 0. The van der Waals surface area contributed by atoms with E-state index in [2.05, 4.69) is 15.0 Å². The molecule has 0 radical (unpaired) electrons. The number of alkyl halides is 2. The number of hydrogen-bond acceptors (Lipinski definition) is 6. The van der Waals surface area contributed by atoms with Crippen LogP contribution in [0.3, 0.4) is 0 Å². The van der Waals surface area contributed by atoms with Crippen LogP contribution in [0, 0.1) is 5.92 Å². The Kier molecular flexibility index (Phi) is 9.54. The minimum absolute atomic E-state index is 0.0378. The molecule has 1 aromatic carbocycles. The van der Waals surface area contributed by atoms with Gasteiger partial charge < -0.3 is 24.6 Å². The van der Waals surface area contributed by atoms with Crippen molar-refractivity contribution in [1.29, 1.82) is 0 Å². The van der Waals surface area contributed by atoms with Gasteiger partial charge in [-0.25, -0.2) is 4.98 Å². The highest BCUT2D eigenvalue weighted by atomic mass is 19.3. The highest BCUT2D eigenvalue weighted by Crippen LogP contribution is 2.39. The van der Waals surface area contributed by atoms with E-state index in [0.29, 0.717) is 43.4 Å². The van der Waals surface area contributed by atoms with Crippen molar-refractivity contribution in [2.45, 2.75) is 64.6 Å². The van der Waals surface area contributed by atoms with Crippen molar-refractivity contribution in [3.63, 3.8) is 0 Å². The molecule has 1 saturated carbocycles. The average molecular weight is 559 g/mol. The van der Waals surface area contributed by atoms with Crippen LogP contribution in [-0.4, -0.2) is 71.9 Å². The monoisotopic (exact) mass is 558 g/mol. The molecule has 2 fully saturated rings. The third kappa shape index (κ3) is 7.45. The smallest absolute Gasteiger partial charge is 0.387 e. The molecule has 40 heavy (non-hydrogen) atoms. The van der Waals surface area contributed by atoms with Crippen molar-refractivity contribution in [2.75, 3.05) is 26.7 Å². The number of rotatable bonds is 12. The minimum Gasteiger partial charge on any atom is -0.489 e. The summed E-state index contributed by atoms with van der Waals surface area (Å²) in [5.41, 5.74) is 1.60. The van der Waals surface area contributed by atoms with Gasteiger partial charge in [0, 0.05) is 33.0 Å². The van der Waals surface area contributed by atoms with Crippen LogP contribution in [0.5, 0.6) is 11.5 Å². The second kappa shape index (κ2) is 13.1. The highest BCUT2D eigenvalue weighted by molar-refractivity contribution is 5.92. The van der Waals surface area contributed by atoms with E-state index in [9.17, 15) is 23.2 Å². The molecule has 9 nitrogen and oxygen atoms in total. The number of carbonyl (C=O) groups is 3. The third-order valence-corrected chi connectivity index (χ3v) is 7.21. The molecule has 1 aliphatic heterocycles. The second-order valence-corrected chi connectivity index (χ2v) is 10.4. The predicted octanol–water partition coefficient (Wildman–Crippen LogP) is 3.97. The van der Waals surface area contributed by atoms with Crippen LogP contribution in [0.1, 0.15) is 67.2 Å². The van der Waals surface area contributed by atoms with Gasteiger partial charge in [0.25, 0.3) is 5.91 Å². The lowest BCUT2D eigenvalue weighted by atomic mass is 9.95. The number of amides is 3. The van der Waals surface area contributed by atoms with Crippen LogP contribution < -0.4 is 14.8 Å². The second-order valence-electron chi connectivity index (χ2n) is 10.4. The molecule has 2 aliphatic rings. The minimum atomic E-state index is -2.98. The first-order valence-electron chi connectivity index (χ1n) is 13.6. The Hall–Kier alpha value is -3.76. The van der Waals surface area contributed by atoms with Gasteiger partial charge in [0.05, 0.1) is 18.8 Å². The first kappa shape index (κ1) is 29.2. The van der Waals surface area contributed by atoms with Crippen LogP contribution >= 0.6 is 0 Å². The maximum absolute atomic E-state index is 13.2. The van der Waals surface area contributed by atoms with Crippen LogP contribution in [-0.2, 0) is 16.1 Å². The number of ether oxygens (including phenoxy) is 2. The van der Waals surface area contributed by atoms with Crippen LogP contribution in [0.4, 0.5) is 8.78 Å². The molecule has 2 aromatic rings. The van der Waals surface area contributed by atoms with Gasteiger partial charge >= 0.3 is 6.61 Å². The van der Waals surface area contributed by atoms with Gasteiger partial charge in [-0.15, -0.1) is 0 Å². The molecular formula is C29H36F2N4O5. The van der Waals surface area contributed by atoms with Gasteiger partial charge in [-0.3, -0.25) is 14.4 Å². The number of carbonyl (C=O) groups excluding carboxylic acids is 3. The highest BCUT2D eigenvalue weighted by Gasteiger charge is 2.39. The number of pyridine rings is 1. The van der Waals surface area contributed by atoms with E-state index in [4.69, 9.17) is 4.74 Å². The Balaban J connectivity index is 1.44. The molecule has 2 unspecified atom stereocenters.